The molecule has 0 aromatic heterocycles. The number of rotatable bonds is 12. The lowest BCUT2D eigenvalue weighted by Crippen LogP contribution is -2.59. The number of Topliss-reactive ketones (excluding diaryl/α,β-unsaturated/α-hetero) is 1. The Morgan fingerprint density at radius 3 is 2.45 bits per heavy atom. The number of likely N-dealkylation sites (tertiary alicyclic amines) is 1. The van der Waals surface area contributed by atoms with Crippen LogP contribution in [0.5, 0.6) is 0 Å². The summed E-state index contributed by atoms with van der Waals surface area (Å²) in [6.45, 7) is 10.7. The van der Waals surface area contributed by atoms with E-state index >= 15 is 0 Å². The molecule has 1 aromatic carbocycles. The van der Waals surface area contributed by atoms with E-state index in [1.165, 1.54) is 4.90 Å². The fourth-order valence-electron chi connectivity index (χ4n) is 6.88. The molecule has 2 saturated heterocycles. The fraction of sp³-hybridized carbons (Fsp3) is 0.667. The van der Waals surface area contributed by atoms with Crippen molar-refractivity contribution in [3.63, 3.8) is 0 Å². The zero-order chi connectivity index (χ0) is 35.6. The highest BCUT2D eigenvalue weighted by atomic mass is 35.5. The minimum atomic E-state index is -1.05. The van der Waals surface area contributed by atoms with Crippen molar-refractivity contribution in [3.8, 4) is 0 Å². The highest BCUT2D eigenvalue weighted by molar-refractivity contribution is 6.38. The van der Waals surface area contributed by atoms with Crippen LogP contribution >= 0.6 is 11.6 Å². The standard InChI is InChI=1S/C36H50ClN5O7/c1-6-8-25(29(44)32(46)38-24-11-12-24)39-31(45)27-19-36(18-26(41-49-36)22-9-7-10-23(37)17-22)21-42(27)33(47)30(34(2,3)4)40-28(43)20-35(5)13-15-48-16-14-35/h7,9-10,17,24-25,27,30H,6,8,11-16,18-21H2,1-5H3,(H,38,46)(H,39,45)(H,40,43)/t25-,27-,30+,36+/m0/s1. The number of halogens is 1. The van der Waals surface area contributed by atoms with Gasteiger partial charge in [0, 0.05) is 49.1 Å². The number of ketones is 1. The Hall–Kier alpha value is -3.51. The molecule has 1 aromatic rings. The molecule has 49 heavy (non-hydrogen) atoms. The second kappa shape index (κ2) is 14.8. The van der Waals surface area contributed by atoms with Crippen molar-refractivity contribution in [1.82, 2.24) is 20.9 Å². The summed E-state index contributed by atoms with van der Waals surface area (Å²) in [5, 5.41) is 13.4. The third-order valence-corrected chi connectivity index (χ3v) is 10.3. The van der Waals surface area contributed by atoms with Gasteiger partial charge in [0.2, 0.25) is 23.5 Å². The van der Waals surface area contributed by atoms with Crippen LogP contribution in [0, 0.1) is 10.8 Å². The molecule has 3 heterocycles. The maximum absolute atomic E-state index is 14.6. The van der Waals surface area contributed by atoms with Gasteiger partial charge in [0.1, 0.15) is 12.1 Å². The molecule has 4 amide bonds. The van der Waals surface area contributed by atoms with Crippen LogP contribution in [0.2, 0.25) is 5.02 Å². The molecule has 268 valence electrons. The number of ether oxygens (including phenoxy) is 1. The van der Waals surface area contributed by atoms with E-state index in [4.69, 9.17) is 21.2 Å². The van der Waals surface area contributed by atoms with Gasteiger partial charge in [-0.25, -0.2) is 0 Å². The summed E-state index contributed by atoms with van der Waals surface area (Å²) in [5.74, 6) is -2.67. The molecule has 1 aliphatic carbocycles. The van der Waals surface area contributed by atoms with Crippen molar-refractivity contribution in [1.29, 1.82) is 0 Å². The number of carbonyl (C=O) groups excluding carboxylic acids is 5. The number of nitrogens with one attached hydrogen (secondary N) is 3. The summed E-state index contributed by atoms with van der Waals surface area (Å²) in [6.07, 6.45) is 4.60. The molecular weight excluding hydrogens is 650 g/mol. The Kier molecular flexibility index (Phi) is 11.1. The lowest BCUT2D eigenvalue weighted by Gasteiger charge is -2.37. The van der Waals surface area contributed by atoms with Gasteiger partial charge in [0.15, 0.2) is 5.60 Å². The van der Waals surface area contributed by atoms with E-state index in [-0.39, 0.29) is 43.2 Å². The van der Waals surface area contributed by atoms with Gasteiger partial charge >= 0.3 is 0 Å². The van der Waals surface area contributed by atoms with E-state index in [0.717, 1.165) is 31.2 Å². The maximum Gasteiger partial charge on any atom is 0.289 e. The number of carbonyl (C=O) groups is 5. The van der Waals surface area contributed by atoms with Crippen LogP contribution in [0.25, 0.3) is 0 Å². The van der Waals surface area contributed by atoms with Gasteiger partial charge in [-0.1, -0.05) is 69.9 Å². The summed E-state index contributed by atoms with van der Waals surface area (Å²) >= 11 is 6.25. The number of benzene rings is 1. The molecule has 3 N–H and O–H groups in total. The summed E-state index contributed by atoms with van der Waals surface area (Å²) < 4.78 is 5.50. The van der Waals surface area contributed by atoms with Crippen LogP contribution in [0.4, 0.5) is 0 Å². The molecule has 4 aliphatic rings. The second-order valence-electron chi connectivity index (χ2n) is 15.6. The predicted octanol–water partition coefficient (Wildman–Crippen LogP) is 3.67. The molecule has 0 unspecified atom stereocenters. The molecule has 3 aliphatic heterocycles. The molecule has 0 bridgehead atoms. The van der Waals surface area contributed by atoms with Crippen molar-refractivity contribution in [2.45, 2.75) is 122 Å². The number of amides is 4. The summed E-state index contributed by atoms with van der Waals surface area (Å²) in [4.78, 5) is 75.6. The van der Waals surface area contributed by atoms with Crippen LogP contribution in [-0.2, 0) is 33.5 Å². The van der Waals surface area contributed by atoms with E-state index in [9.17, 15) is 24.0 Å². The number of hydrogen-bond donors (Lipinski definition) is 3. The molecular formula is C36H50ClN5O7. The van der Waals surface area contributed by atoms with Gasteiger partial charge in [-0.2, -0.15) is 0 Å². The normalized spacial score (nSPS) is 24.4. The van der Waals surface area contributed by atoms with Gasteiger partial charge in [0.05, 0.1) is 18.3 Å². The highest BCUT2D eigenvalue weighted by Crippen LogP contribution is 2.40. The third kappa shape index (κ3) is 9.00. The third-order valence-electron chi connectivity index (χ3n) is 10.0. The summed E-state index contributed by atoms with van der Waals surface area (Å²) in [6, 6.07) is 4.16. The van der Waals surface area contributed by atoms with Gasteiger partial charge in [-0.05, 0) is 55.1 Å². The van der Waals surface area contributed by atoms with Crippen LogP contribution in [0.3, 0.4) is 0 Å². The Balaban J connectivity index is 1.39. The molecule has 3 fully saturated rings. The minimum Gasteiger partial charge on any atom is -0.387 e. The van der Waals surface area contributed by atoms with Crippen molar-refractivity contribution in [2.75, 3.05) is 19.8 Å². The van der Waals surface area contributed by atoms with Gasteiger partial charge < -0.3 is 30.4 Å². The smallest absolute Gasteiger partial charge is 0.289 e. The van der Waals surface area contributed by atoms with E-state index in [1.807, 2.05) is 39.8 Å². The summed E-state index contributed by atoms with van der Waals surface area (Å²) in [5.41, 5.74) is -0.568. The zero-order valence-corrected chi connectivity index (χ0v) is 30.0. The van der Waals surface area contributed by atoms with Crippen molar-refractivity contribution in [3.05, 3.63) is 34.9 Å². The van der Waals surface area contributed by atoms with E-state index in [0.29, 0.717) is 36.8 Å². The monoisotopic (exact) mass is 699 g/mol. The van der Waals surface area contributed by atoms with Gasteiger partial charge in [0.25, 0.3) is 5.91 Å². The number of hydrogen-bond acceptors (Lipinski definition) is 8. The zero-order valence-electron chi connectivity index (χ0n) is 29.2. The fourth-order valence-corrected chi connectivity index (χ4v) is 7.07. The average molecular weight is 700 g/mol. The lowest BCUT2D eigenvalue weighted by atomic mass is 9.78. The predicted molar refractivity (Wildman–Crippen MR) is 184 cm³/mol. The largest absolute Gasteiger partial charge is 0.387 e. The number of nitrogens with zero attached hydrogens (tertiary/aromatic N) is 2. The first-order chi connectivity index (χ1) is 23.1. The van der Waals surface area contributed by atoms with Gasteiger partial charge in [-0.3, -0.25) is 24.0 Å². The molecule has 0 radical (unpaired) electrons. The SMILES string of the molecule is CCC[C@H](NC(=O)[C@@H]1C[C@]2(CC(c3cccc(Cl)c3)=NO2)CN1C(=O)[C@@H](NC(=O)CC1(C)CCOCC1)C(C)(C)C)C(=O)C(=O)NC1CC1. The average Bonchev–Trinajstić information content (AvgIpc) is 3.63. The van der Waals surface area contributed by atoms with Crippen molar-refractivity contribution < 1.29 is 33.5 Å². The van der Waals surface area contributed by atoms with Crippen molar-refractivity contribution in [2.24, 2.45) is 16.0 Å². The van der Waals surface area contributed by atoms with Crippen LogP contribution < -0.4 is 16.0 Å². The first kappa shape index (κ1) is 36.8. The Bertz CT molecular complexity index is 1480. The number of oxime groups is 1. The minimum absolute atomic E-state index is 0.0102. The highest BCUT2D eigenvalue weighted by Gasteiger charge is 2.56. The Morgan fingerprint density at radius 1 is 1.10 bits per heavy atom. The first-order valence-electron chi connectivity index (χ1n) is 17.5. The quantitative estimate of drug-likeness (QED) is 0.281. The molecule has 4 atom stereocenters. The van der Waals surface area contributed by atoms with Crippen LogP contribution in [-0.4, -0.2) is 89.6 Å². The molecule has 1 spiro atoms. The van der Waals surface area contributed by atoms with Crippen LogP contribution in [0.15, 0.2) is 29.4 Å². The lowest BCUT2D eigenvalue weighted by molar-refractivity contribution is -0.145. The first-order valence-corrected chi connectivity index (χ1v) is 17.8. The molecule has 12 nitrogen and oxygen atoms in total. The van der Waals surface area contributed by atoms with Crippen molar-refractivity contribution >= 4 is 46.7 Å². The second-order valence-corrected chi connectivity index (χ2v) is 16.1. The summed E-state index contributed by atoms with van der Waals surface area (Å²) in [7, 11) is 0. The van der Waals surface area contributed by atoms with E-state index in [2.05, 4.69) is 28.0 Å². The Morgan fingerprint density at radius 2 is 1.82 bits per heavy atom. The van der Waals surface area contributed by atoms with E-state index < -0.39 is 52.6 Å². The topological polar surface area (TPSA) is 156 Å². The molecule has 1 saturated carbocycles. The van der Waals surface area contributed by atoms with Gasteiger partial charge in [-0.15, -0.1) is 0 Å². The molecule has 5 rings (SSSR count). The maximum atomic E-state index is 14.6. The van der Waals surface area contributed by atoms with E-state index in [1.54, 1.807) is 12.1 Å². The Labute approximate surface area is 293 Å². The molecule has 13 heteroatoms. The van der Waals surface area contributed by atoms with Crippen LogP contribution in [0.1, 0.15) is 98.0 Å².